The predicted molar refractivity (Wildman–Crippen MR) is 113 cm³/mol. The maximum Gasteiger partial charge on any atom is 0.224 e. The zero-order chi connectivity index (χ0) is 20.4. The van der Waals surface area contributed by atoms with Crippen molar-refractivity contribution in [3.63, 3.8) is 0 Å². The SMILES string of the molecule is CC(C)Cn1c(CCNC(=O)C2CC(=O)NC3CCCCC32)nc2ccccc21. The third kappa shape index (κ3) is 4.31. The van der Waals surface area contributed by atoms with Gasteiger partial charge in [-0.3, -0.25) is 9.59 Å². The van der Waals surface area contributed by atoms with Gasteiger partial charge in [0, 0.05) is 32.0 Å². The van der Waals surface area contributed by atoms with Crippen molar-refractivity contribution in [3.8, 4) is 0 Å². The number of hydrogen-bond donors (Lipinski definition) is 2. The van der Waals surface area contributed by atoms with Crippen LogP contribution in [0, 0.1) is 17.8 Å². The maximum absolute atomic E-state index is 12.9. The molecule has 1 aromatic heterocycles. The number of amides is 2. The van der Waals surface area contributed by atoms with Crippen LogP contribution in [0.3, 0.4) is 0 Å². The number of fused-ring (bicyclic) bond motifs is 2. The third-order valence-electron chi connectivity index (χ3n) is 6.35. The number of nitrogens with zero attached hydrogens (tertiary/aromatic N) is 2. The number of nitrogens with one attached hydrogen (secondary N) is 2. The lowest BCUT2D eigenvalue weighted by molar-refractivity contribution is -0.137. The van der Waals surface area contributed by atoms with Crippen LogP contribution in [-0.4, -0.2) is 34.0 Å². The normalized spacial score (nSPS) is 24.4. The summed E-state index contributed by atoms with van der Waals surface area (Å²) in [4.78, 5) is 29.8. The van der Waals surface area contributed by atoms with Gasteiger partial charge in [-0.05, 0) is 36.8 Å². The molecule has 0 bridgehead atoms. The number of imidazole rings is 1. The first-order valence-corrected chi connectivity index (χ1v) is 11.0. The molecule has 29 heavy (non-hydrogen) atoms. The van der Waals surface area contributed by atoms with Gasteiger partial charge in [0.05, 0.1) is 17.0 Å². The zero-order valence-electron chi connectivity index (χ0n) is 17.5. The molecule has 4 rings (SSSR count). The lowest BCUT2D eigenvalue weighted by atomic mass is 9.72. The molecule has 3 atom stereocenters. The van der Waals surface area contributed by atoms with Gasteiger partial charge in [0.2, 0.25) is 11.8 Å². The van der Waals surface area contributed by atoms with Crippen LogP contribution in [0.2, 0.25) is 0 Å². The molecular weight excluding hydrogens is 364 g/mol. The van der Waals surface area contributed by atoms with Crippen molar-refractivity contribution in [2.45, 2.75) is 65.0 Å². The highest BCUT2D eigenvalue weighted by Gasteiger charge is 2.41. The monoisotopic (exact) mass is 396 g/mol. The Kier molecular flexibility index (Phi) is 5.88. The Morgan fingerprint density at radius 1 is 1.28 bits per heavy atom. The number of hydrogen-bond acceptors (Lipinski definition) is 3. The molecule has 1 saturated heterocycles. The number of para-hydroxylation sites is 2. The van der Waals surface area contributed by atoms with E-state index in [0.717, 1.165) is 49.1 Å². The van der Waals surface area contributed by atoms with Crippen LogP contribution >= 0.6 is 0 Å². The van der Waals surface area contributed by atoms with E-state index in [1.807, 2.05) is 18.2 Å². The Labute approximate surface area is 172 Å². The van der Waals surface area contributed by atoms with Gasteiger partial charge < -0.3 is 15.2 Å². The summed E-state index contributed by atoms with van der Waals surface area (Å²) in [6.07, 6.45) is 5.34. The molecule has 156 valence electrons. The standard InChI is InChI=1S/C23H32N4O2/c1-15(2)14-27-20-10-6-5-9-19(20)25-21(27)11-12-24-23(29)17-13-22(28)26-18-8-4-3-7-16(17)18/h5-6,9-10,15-18H,3-4,7-8,11-14H2,1-2H3,(H,24,29)(H,26,28). The molecular formula is C23H32N4O2. The molecule has 2 fully saturated rings. The van der Waals surface area contributed by atoms with E-state index in [4.69, 9.17) is 4.98 Å². The average Bonchev–Trinajstić information content (AvgIpc) is 3.04. The smallest absolute Gasteiger partial charge is 0.224 e. The van der Waals surface area contributed by atoms with E-state index in [1.54, 1.807) is 0 Å². The largest absolute Gasteiger partial charge is 0.355 e. The molecule has 2 aliphatic rings. The molecule has 3 unspecified atom stereocenters. The van der Waals surface area contributed by atoms with E-state index in [0.29, 0.717) is 25.3 Å². The van der Waals surface area contributed by atoms with Crippen LogP contribution < -0.4 is 10.6 Å². The van der Waals surface area contributed by atoms with Crippen molar-refractivity contribution >= 4 is 22.8 Å². The first-order valence-electron chi connectivity index (χ1n) is 11.0. The predicted octanol–water partition coefficient (Wildman–Crippen LogP) is 3.05. The van der Waals surface area contributed by atoms with E-state index in [2.05, 4.69) is 35.1 Å². The second-order valence-electron chi connectivity index (χ2n) is 9.00. The van der Waals surface area contributed by atoms with Gasteiger partial charge in [-0.25, -0.2) is 4.98 Å². The van der Waals surface area contributed by atoms with Crippen molar-refractivity contribution in [3.05, 3.63) is 30.1 Å². The van der Waals surface area contributed by atoms with Crippen LogP contribution in [0.15, 0.2) is 24.3 Å². The second kappa shape index (κ2) is 8.56. The fourth-order valence-electron chi connectivity index (χ4n) is 5.04. The lowest BCUT2D eigenvalue weighted by Gasteiger charge is -2.40. The van der Waals surface area contributed by atoms with Gasteiger partial charge in [0.15, 0.2) is 0 Å². The van der Waals surface area contributed by atoms with Crippen LogP contribution in [0.4, 0.5) is 0 Å². The van der Waals surface area contributed by atoms with Crippen molar-refractivity contribution in [2.24, 2.45) is 17.8 Å². The third-order valence-corrected chi connectivity index (χ3v) is 6.35. The summed E-state index contributed by atoms with van der Waals surface area (Å²) in [6.45, 7) is 5.87. The summed E-state index contributed by atoms with van der Waals surface area (Å²) >= 11 is 0. The van der Waals surface area contributed by atoms with Gasteiger partial charge >= 0.3 is 0 Å². The maximum atomic E-state index is 12.9. The van der Waals surface area contributed by atoms with Crippen LogP contribution in [0.25, 0.3) is 11.0 Å². The van der Waals surface area contributed by atoms with Crippen molar-refractivity contribution in [2.75, 3.05) is 6.54 Å². The van der Waals surface area contributed by atoms with Gasteiger partial charge in [-0.1, -0.05) is 38.8 Å². The minimum absolute atomic E-state index is 0.0204. The van der Waals surface area contributed by atoms with E-state index < -0.39 is 0 Å². The van der Waals surface area contributed by atoms with E-state index >= 15 is 0 Å². The highest BCUT2D eigenvalue weighted by atomic mass is 16.2. The van der Waals surface area contributed by atoms with Gasteiger partial charge in [-0.2, -0.15) is 0 Å². The Bertz CT molecular complexity index is 888. The fourth-order valence-corrected chi connectivity index (χ4v) is 5.04. The number of piperidine rings is 1. The molecule has 2 aromatic rings. The topological polar surface area (TPSA) is 76.0 Å². The Morgan fingerprint density at radius 3 is 2.90 bits per heavy atom. The summed E-state index contributed by atoms with van der Waals surface area (Å²) in [5, 5.41) is 6.20. The summed E-state index contributed by atoms with van der Waals surface area (Å²) < 4.78 is 2.28. The van der Waals surface area contributed by atoms with Crippen LogP contribution in [-0.2, 0) is 22.6 Å². The number of rotatable bonds is 6. The summed E-state index contributed by atoms with van der Waals surface area (Å²) in [5.74, 6) is 1.67. The first kappa shape index (κ1) is 19.9. The molecule has 1 saturated carbocycles. The van der Waals surface area contributed by atoms with Crippen LogP contribution in [0.1, 0.15) is 51.8 Å². The summed E-state index contributed by atoms with van der Waals surface area (Å²) in [5.41, 5.74) is 2.15. The molecule has 6 nitrogen and oxygen atoms in total. The highest BCUT2D eigenvalue weighted by molar-refractivity contribution is 5.87. The zero-order valence-corrected chi connectivity index (χ0v) is 17.5. The molecule has 0 radical (unpaired) electrons. The Morgan fingerprint density at radius 2 is 2.07 bits per heavy atom. The van der Waals surface area contributed by atoms with E-state index in [1.165, 1.54) is 0 Å². The van der Waals surface area contributed by atoms with Crippen molar-refractivity contribution in [1.82, 2.24) is 20.2 Å². The van der Waals surface area contributed by atoms with E-state index in [-0.39, 0.29) is 29.7 Å². The second-order valence-corrected chi connectivity index (χ2v) is 9.00. The average molecular weight is 397 g/mol. The summed E-state index contributed by atoms with van der Waals surface area (Å²) in [7, 11) is 0. The molecule has 2 N–H and O–H groups in total. The van der Waals surface area contributed by atoms with Crippen LogP contribution in [0.5, 0.6) is 0 Å². The number of carbonyl (C=O) groups is 2. The fraction of sp³-hybridized carbons (Fsp3) is 0.609. The van der Waals surface area contributed by atoms with Gasteiger partial charge in [0.1, 0.15) is 5.82 Å². The minimum Gasteiger partial charge on any atom is -0.355 e. The Balaban J connectivity index is 1.42. The Hall–Kier alpha value is -2.37. The molecule has 1 aliphatic heterocycles. The number of benzene rings is 1. The molecule has 1 aromatic carbocycles. The molecule has 1 aliphatic carbocycles. The van der Waals surface area contributed by atoms with Gasteiger partial charge in [0.25, 0.3) is 0 Å². The molecule has 2 amide bonds. The molecule has 6 heteroatoms. The first-order chi connectivity index (χ1) is 14.0. The summed E-state index contributed by atoms with van der Waals surface area (Å²) in [6, 6.07) is 8.38. The highest BCUT2D eigenvalue weighted by Crippen LogP contribution is 2.35. The number of carbonyl (C=O) groups excluding carboxylic acids is 2. The number of aromatic nitrogens is 2. The minimum atomic E-state index is -0.191. The van der Waals surface area contributed by atoms with Crippen molar-refractivity contribution in [1.29, 1.82) is 0 Å². The lowest BCUT2D eigenvalue weighted by Crippen LogP contribution is -2.54. The molecule has 0 spiro atoms. The van der Waals surface area contributed by atoms with Crippen molar-refractivity contribution < 1.29 is 9.59 Å². The molecule has 2 heterocycles. The van der Waals surface area contributed by atoms with E-state index in [9.17, 15) is 9.59 Å². The van der Waals surface area contributed by atoms with Gasteiger partial charge in [-0.15, -0.1) is 0 Å². The quantitative estimate of drug-likeness (QED) is 0.788.